The molecule has 6 unspecified atom stereocenters. The summed E-state index contributed by atoms with van der Waals surface area (Å²) in [5, 5.41) is 20.1. The van der Waals surface area contributed by atoms with Crippen molar-refractivity contribution in [2.45, 2.75) is 78.4 Å². The quantitative estimate of drug-likeness (QED) is 0.459. The van der Waals surface area contributed by atoms with E-state index in [4.69, 9.17) is 14.2 Å². The number of hydrogen-bond donors (Lipinski definition) is 2. The monoisotopic (exact) mass is 770 g/mol. The first kappa shape index (κ1) is 26.7. The van der Waals surface area contributed by atoms with Gasteiger partial charge in [0.15, 0.2) is 6.29 Å². The van der Waals surface area contributed by atoms with Gasteiger partial charge in [0.2, 0.25) is 0 Å². The Morgan fingerprint density at radius 1 is 0.792 bits per heavy atom. The summed E-state index contributed by atoms with van der Waals surface area (Å²) in [5.41, 5.74) is 0. The van der Waals surface area contributed by atoms with E-state index >= 15 is 0 Å². The van der Waals surface area contributed by atoms with Gasteiger partial charge in [0.25, 0.3) is 0 Å². The zero-order valence-electron chi connectivity index (χ0n) is 15.8. The second-order valence-electron chi connectivity index (χ2n) is 7.30. The number of hydrogen-bond acceptors (Lipinski definition) is 5. The van der Waals surface area contributed by atoms with E-state index in [0.29, 0.717) is 11.8 Å². The zero-order chi connectivity index (χ0) is 16.6. The van der Waals surface area contributed by atoms with Gasteiger partial charge in [0.05, 0.1) is 24.9 Å². The first-order valence-electron chi connectivity index (χ1n) is 8.53. The minimum absolute atomic E-state index is 0. The van der Waals surface area contributed by atoms with E-state index in [1.54, 1.807) is 0 Å². The van der Waals surface area contributed by atoms with Crippen LogP contribution in [0, 0.1) is 112 Å². The fourth-order valence-electron chi connectivity index (χ4n) is 3.51. The van der Waals surface area contributed by atoms with Gasteiger partial charge in [-0.05, 0) is 25.7 Å². The molecule has 5 nitrogen and oxygen atoms in total. The van der Waals surface area contributed by atoms with Crippen LogP contribution >= 0.6 is 0 Å². The van der Waals surface area contributed by atoms with Crippen LogP contribution in [-0.2, 0) is 14.2 Å². The van der Waals surface area contributed by atoms with E-state index in [2.05, 4.69) is 27.7 Å². The average Bonchev–Trinajstić information content (AvgIpc) is 2.50. The topological polar surface area (TPSA) is 68.2 Å². The van der Waals surface area contributed by atoms with Crippen molar-refractivity contribution in [2.24, 2.45) is 23.7 Å². The second-order valence-corrected chi connectivity index (χ2v) is 7.30. The maximum Gasteiger partial charge on any atom is 0.161 e. The first-order valence-corrected chi connectivity index (χ1v) is 8.53. The van der Waals surface area contributed by atoms with Gasteiger partial charge in [0.1, 0.15) is 12.2 Å². The van der Waals surface area contributed by atoms with Gasteiger partial charge in [-0.25, -0.2) is 0 Å². The van der Waals surface area contributed by atoms with Crippen molar-refractivity contribution in [2.75, 3.05) is 6.61 Å². The third-order valence-electron chi connectivity index (χ3n) is 6.02. The molecule has 2 aliphatic heterocycles. The molecule has 2 rings (SSSR count). The molecule has 24 heavy (non-hydrogen) atoms. The van der Waals surface area contributed by atoms with Crippen molar-refractivity contribution in [1.29, 1.82) is 0 Å². The molecule has 2 saturated heterocycles. The van der Waals surface area contributed by atoms with Crippen molar-refractivity contribution in [3.63, 3.8) is 0 Å². The normalized spacial score (nSPS) is 49.0. The average molecular weight is 770 g/mol. The standard InChI is InChI=1S/C17H32O5.2Ac/c1-8-9(2)12(5)21-17(10(8)3)22-16-14(7-18)20-13(6)11(4)15(16)19;;/h8-19H,7H2,1-6H3;;/t8?,9-,10?,11?,12?,13?,14?,15+,16-,17+;;/m0../s1. The molecule has 2 heterocycles. The summed E-state index contributed by atoms with van der Waals surface area (Å²) in [6, 6.07) is 0. The van der Waals surface area contributed by atoms with Crippen molar-refractivity contribution >= 4 is 0 Å². The summed E-state index contributed by atoms with van der Waals surface area (Å²) in [6.07, 6.45) is -2.10. The molecule has 0 aromatic carbocycles. The van der Waals surface area contributed by atoms with E-state index in [1.165, 1.54) is 0 Å². The maximum atomic E-state index is 10.5. The molecule has 0 spiro atoms. The summed E-state index contributed by atoms with van der Waals surface area (Å²) >= 11 is 0. The summed E-state index contributed by atoms with van der Waals surface area (Å²) < 4.78 is 17.9. The van der Waals surface area contributed by atoms with E-state index in [9.17, 15) is 10.2 Å². The molecule has 0 aromatic heterocycles. The molecule has 2 radical (unpaired) electrons. The van der Waals surface area contributed by atoms with E-state index in [0.717, 1.165) is 0 Å². The molecule has 2 fully saturated rings. The Labute approximate surface area is 218 Å². The molecule has 2 aliphatic rings. The van der Waals surface area contributed by atoms with E-state index in [-0.39, 0.29) is 125 Å². The third-order valence-corrected chi connectivity index (χ3v) is 6.02. The largest absolute Gasteiger partial charge is 0.394 e. The van der Waals surface area contributed by atoms with Crippen LogP contribution in [-0.4, -0.2) is 53.6 Å². The van der Waals surface area contributed by atoms with Gasteiger partial charge < -0.3 is 24.4 Å². The fraction of sp³-hybridized carbons (Fsp3) is 1.00. The van der Waals surface area contributed by atoms with Crippen molar-refractivity contribution < 1.29 is 113 Å². The Hall–Kier alpha value is 2.68. The Bertz CT molecular complexity index is 371. The number of aliphatic hydroxyl groups is 2. The second kappa shape index (κ2) is 11.6. The van der Waals surface area contributed by atoms with Crippen molar-refractivity contribution in [3.8, 4) is 0 Å². The molecule has 10 atom stereocenters. The SMILES string of the molecule is CC1OC(CO)[C@H](O[C@H]2OC(C)[C@@H](C)C(C)C2C)[C@H](O)C1C.[Ac].[Ac]. The predicted octanol–water partition coefficient (Wildman–Crippen LogP) is 1.80. The maximum absolute atomic E-state index is 10.5. The van der Waals surface area contributed by atoms with Crippen LogP contribution in [0.25, 0.3) is 0 Å². The minimum atomic E-state index is -0.665. The smallest absolute Gasteiger partial charge is 0.161 e. The molecule has 0 saturated carbocycles. The zero-order valence-corrected chi connectivity index (χ0v) is 25.2. The third kappa shape index (κ3) is 5.84. The number of ether oxygens (including phenoxy) is 3. The van der Waals surface area contributed by atoms with Crippen LogP contribution in [0.3, 0.4) is 0 Å². The first-order chi connectivity index (χ1) is 10.3. The Morgan fingerprint density at radius 3 is 1.88 bits per heavy atom. The number of rotatable bonds is 3. The van der Waals surface area contributed by atoms with Crippen molar-refractivity contribution in [3.05, 3.63) is 0 Å². The fourth-order valence-corrected chi connectivity index (χ4v) is 3.51. The van der Waals surface area contributed by atoms with E-state index < -0.39 is 18.3 Å². The summed E-state index contributed by atoms with van der Waals surface area (Å²) in [6.45, 7) is 12.3. The van der Waals surface area contributed by atoms with Crippen LogP contribution in [0.4, 0.5) is 0 Å². The minimum Gasteiger partial charge on any atom is -0.394 e. The number of aliphatic hydroxyl groups excluding tert-OH is 2. The Balaban J connectivity index is 0.00000264. The van der Waals surface area contributed by atoms with Gasteiger partial charge in [-0.3, -0.25) is 0 Å². The molecule has 136 valence electrons. The van der Waals surface area contributed by atoms with Gasteiger partial charge in [-0.1, -0.05) is 27.7 Å². The molecular formula is C17H32Ac2O5. The predicted molar refractivity (Wildman–Crippen MR) is 83.3 cm³/mol. The van der Waals surface area contributed by atoms with Crippen molar-refractivity contribution in [1.82, 2.24) is 0 Å². The summed E-state index contributed by atoms with van der Waals surface area (Å²) in [4.78, 5) is 0. The van der Waals surface area contributed by atoms with Gasteiger partial charge in [0, 0.05) is 100.0 Å². The van der Waals surface area contributed by atoms with Crippen LogP contribution in [0.2, 0.25) is 0 Å². The van der Waals surface area contributed by atoms with Crippen LogP contribution < -0.4 is 0 Å². The van der Waals surface area contributed by atoms with Gasteiger partial charge in [-0.2, -0.15) is 0 Å². The molecule has 0 aromatic rings. The molecule has 0 bridgehead atoms. The summed E-state index contributed by atoms with van der Waals surface area (Å²) in [5.74, 6) is 1.13. The molecule has 2 N–H and O–H groups in total. The summed E-state index contributed by atoms with van der Waals surface area (Å²) in [7, 11) is 0. The van der Waals surface area contributed by atoms with Crippen LogP contribution in [0.5, 0.6) is 0 Å². The van der Waals surface area contributed by atoms with Crippen LogP contribution in [0.15, 0.2) is 0 Å². The van der Waals surface area contributed by atoms with Crippen LogP contribution in [0.1, 0.15) is 41.5 Å². The molecule has 0 amide bonds. The van der Waals surface area contributed by atoms with Gasteiger partial charge in [-0.15, -0.1) is 0 Å². The van der Waals surface area contributed by atoms with E-state index in [1.807, 2.05) is 13.8 Å². The van der Waals surface area contributed by atoms with Gasteiger partial charge >= 0.3 is 0 Å². The Morgan fingerprint density at radius 2 is 1.33 bits per heavy atom. The molecule has 7 heteroatoms. The Kier molecular flexibility index (Phi) is 12.9. The molecule has 0 aliphatic carbocycles. The molecular weight excluding hydrogens is 738 g/mol.